The van der Waals surface area contributed by atoms with Crippen LogP contribution in [0.2, 0.25) is 0 Å². The van der Waals surface area contributed by atoms with E-state index in [2.05, 4.69) is 4.72 Å². The normalized spacial score (nSPS) is 16.2. The predicted octanol–water partition coefficient (Wildman–Crippen LogP) is 2.58. The van der Waals surface area contributed by atoms with Crippen molar-refractivity contribution in [2.75, 3.05) is 14.2 Å². The summed E-state index contributed by atoms with van der Waals surface area (Å²) in [7, 11) is -0.845. The van der Waals surface area contributed by atoms with Crippen LogP contribution in [-0.4, -0.2) is 27.6 Å². The summed E-state index contributed by atoms with van der Waals surface area (Å²) in [5.74, 6) is 1.11. The molecule has 1 aliphatic rings. The first-order valence-electron chi connectivity index (χ1n) is 7.87. The maximum atomic E-state index is 12.7. The van der Waals surface area contributed by atoms with Crippen LogP contribution in [0.3, 0.4) is 0 Å². The van der Waals surface area contributed by atoms with E-state index in [4.69, 9.17) is 9.47 Å². The third-order valence-electron chi connectivity index (χ3n) is 4.36. The summed E-state index contributed by atoms with van der Waals surface area (Å²) in [6.07, 6.45) is 1.28. The maximum absolute atomic E-state index is 12.7. The number of nitro benzene ring substituents is 1. The van der Waals surface area contributed by atoms with E-state index in [1.165, 1.54) is 25.3 Å². The second-order valence-electron chi connectivity index (χ2n) is 5.87. The van der Waals surface area contributed by atoms with Gasteiger partial charge >= 0.3 is 0 Å². The van der Waals surface area contributed by atoms with Gasteiger partial charge in [0, 0.05) is 18.2 Å². The number of nitro groups is 1. The Morgan fingerprint density at radius 1 is 1.15 bits per heavy atom. The Kier molecular flexibility index (Phi) is 4.84. The molecule has 0 saturated carbocycles. The second-order valence-corrected chi connectivity index (χ2v) is 7.59. The fraction of sp³-hybridized carbons (Fsp3) is 0.294. The van der Waals surface area contributed by atoms with Crippen molar-refractivity contribution in [3.63, 3.8) is 0 Å². The number of sulfonamides is 1. The molecule has 0 heterocycles. The smallest absolute Gasteiger partial charge is 0.270 e. The Labute approximate surface area is 150 Å². The molecular weight excluding hydrogens is 360 g/mol. The molecule has 0 aromatic heterocycles. The topological polar surface area (TPSA) is 108 Å². The minimum Gasteiger partial charge on any atom is -0.493 e. The van der Waals surface area contributed by atoms with Gasteiger partial charge in [-0.15, -0.1) is 0 Å². The zero-order valence-corrected chi connectivity index (χ0v) is 15.1. The number of rotatable bonds is 6. The van der Waals surface area contributed by atoms with Gasteiger partial charge in [0.25, 0.3) is 5.69 Å². The molecule has 0 saturated heterocycles. The third kappa shape index (κ3) is 3.35. The quantitative estimate of drug-likeness (QED) is 0.611. The highest BCUT2D eigenvalue weighted by Crippen LogP contribution is 2.39. The largest absolute Gasteiger partial charge is 0.493 e. The lowest BCUT2D eigenvalue weighted by atomic mass is 10.1. The van der Waals surface area contributed by atoms with Crippen LogP contribution in [0, 0.1) is 10.1 Å². The van der Waals surface area contributed by atoms with Crippen molar-refractivity contribution >= 4 is 15.7 Å². The van der Waals surface area contributed by atoms with E-state index in [0.717, 1.165) is 17.2 Å². The van der Waals surface area contributed by atoms with Crippen LogP contribution in [0.15, 0.2) is 41.3 Å². The highest BCUT2D eigenvalue weighted by molar-refractivity contribution is 7.89. The summed E-state index contributed by atoms with van der Waals surface area (Å²) in [6.45, 7) is 0. The lowest BCUT2D eigenvalue weighted by Crippen LogP contribution is -2.27. The molecule has 0 radical (unpaired) electrons. The van der Waals surface area contributed by atoms with Crippen LogP contribution < -0.4 is 14.2 Å². The average Bonchev–Trinajstić information content (AvgIpc) is 3.01. The Balaban J connectivity index is 1.91. The molecule has 2 aromatic rings. The maximum Gasteiger partial charge on any atom is 0.270 e. The average molecular weight is 378 g/mol. The molecule has 0 fully saturated rings. The predicted molar refractivity (Wildman–Crippen MR) is 94.0 cm³/mol. The molecule has 1 atom stereocenters. The first kappa shape index (κ1) is 18.2. The van der Waals surface area contributed by atoms with E-state index < -0.39 is 21.0 Å². The molecule has 138 valence electrons. The number of nitrogens with one attached hydrogen (secondary N) is 1. The molecule has 1 unspecified atom stereocenters. The number of fused-ring (bicyclic) bond motifs is 1. The Morgan fingerprint density at radius 3 is 2.50 bits per heavy atom. The number of nitrogens with zero attached hydrogens (tertiary/aromatic N) is 1. The van der Waals surface area contributed by atoms with Crippen LogP contribution in [0.4, 0.5) is 5.69 Å². The first-order valence-corrected chi connectivity index (χ1v) is 9.35. The van der Waals surface area contributed by atoms with Crippen molar-refractivity contribution in [1.29, 1.82) is 0 Å². The number of non-ortho nitro benzene ring substituents is 1. The van der Waals surface area contributed by atoms with Gasteiger partial charge in [-0.1, -0.05) is 6.07 Å². The van der Waals surface area contributed by atoms with Crippen LogP contribution >= 0.6 is 0 Å². The minimum absolute atomic E-state index is 0.138. The second kappa shape index (κ2) is 6.93. The summed E-state index contributed by atoms with van der Waals surface area (Å²) < 4.78 is 38.5. The standard InChI is InChI=1S/C17H18N2O6S/c1-24-16-8-11-6-7-15(14(11)10-17(16)25-2)18-26(22,23)13-5-3-4-12(9-13)19(20)21/h3-5,8-10,15,18H,6-7H2,1-2H3. The number of ether oxygens (including phenoxy) is 2. The fourth-order valence-corrected chi connectivity index (χ4v) is 4.36. The Hall–Kier alpha value is -2.65. The summed E-state index contributed by atoms with van der Waals surface area (Å²) in [5.41, 5.74) is 1.53. The molecule has 3 rings (SSSR count). The van der Waals surface area contributed by atoms with Gasteiger partial charge in [0.2, 0.25) is 10.0 Å². The van der Waals surface area contributed by atoms with Crippen LogP contribution in [0.1, 0.15) is 23.6 Å². The number of benzene rings is 2. The van der Waals surface area contributed by atoms with Gasteiger partial charge in [-0.2, -0.15) is 0 Å². The van der Waals surface area contributed by atoms with Gasteiger partial charge in [0.15, 0.2) is 11.5 Å². The number of hydrogen-bond donors (Lipinski definition) is 1. The zero-order valence-electron chi connectivity index (χ0n) is 14.3. The summed E-state index contributed by atoms with van der Waals surface area (Å²) in [6, 6.07) is 8.16. The molecule has 2 aromatic carbocycles. The molecule has 0 bridgehead atoms. The van der Waals surface area contributed by atoms with Crippen molar-refractivity contribution in [1.82, 2.24) is 4.72 Å². The van der Waals surface area contributed by atoms with Crippen molar-refractivity contribution in [2.24, 2.45) is 0 Å². The van der Waals surface area contributed by atoms with E-state index >= 15 is 0 Å². The van der Waals surface area contributed by atoms with Gasteiger partial charge in [0.1, 0.15) is 0 Å². The van der Waals surface area contributed by atoms with E-state index in [9.17, 15) is 18.5 Å². The zero-order chi connectivity index (χ0) is 18.9. The molecule has 0 aliphatic heterocycles. The molecular formula is C17H18N2O6S. The van der Waals surface area contributed by atoms with E-state index in [1.807, 2.05) is 6.07 Å². The number of methoxy groups -OCH3 is 2. The fourth-order valence-electron chi connectivity index (χ4n) is 3.08. The SMILES string of the molecule is COc1cc2c(cc1OC)C(NS(=O)(=O)c1cccc([N+](=O)[O-])c1)CC2. The van der Waals surface area contributed by atoms with Gasteiger partial charge in [-0.05, 0) is 42.2 Å². The van der Waals surface area contributed by atoms with Crippen LogP contribution in [-0.2, 0) is 16.4 Å². The monoisotopic (exact) mass is 378 g/mol. The van der Waals surface area contributed by atoms with Gasteiger partial charge in [-0.25, -0.2) is 13.1 Å². The summed E-state index contributed by atoms with van der Waals surface area (Å²) >= 11 is 0. The van der Waals surface area contributed by atoms with Gasteiger partial charge < -0.3 is 9.47 Å². The van der Waals surface area contributed by atoms with E-state index in [1.54, 1.807) is 13.2 Å². The molecule has 8 nitrogen and oxygen atoms in total. The first-order chi connectivity index (χ1) is 12.4. The molecule has 1 aliphatic carbocycles. The lowest BCUT2D eigenvalue weighted by Gasteiger charge is -2.16. The van der Waals surface area contributed by atoms with E-state index in [0.29, 0.717) is 24.3 Å². The van der Waals surface area contributed by atoms with E-state index in [-0.39, 0.29) is 10.6 Å². The highest BCUT2D eigenvalue weighted by Gasteiger charge is 2.29. The molecule has 0 amide bonds. The summed E-state index contributed by atoms with van der Waals surface area (Å²) in [4.78, 5) is 10.1. The van der Waals surface area contributed by atoms with Crippen LogP contribution in [0.25, 0.3) is 0 Å². The van der Waals surface area contributed by atoms with Gasteiger partial charge in [-0.3, -0.25) is 10.1 Å². The molecule has 1 N–H and O–H groups in total. The third-order valence-corrected chi connectivity index (χ3v) is 5.83. The van der Waals surface area contributed by atoms with Crippen molar-refractivity contribution in [3.05, 3.63) is 57.6 Å². The van der Waals surface area contributed by atoms with Crippen molar-refractivity contribution < 1.29 is 22.8 Å². The summed E-state index contributed by atoms with van der Waals surface area (Å²) in [5, 5.41) is 10.9. The molecule has 26 heavy (non-hydrogen) atoms. The Bertz CT molecular complexity index is 958. The molecule has 0 spiro atoms. The van der Waals surface area contributed by atoms with Crippen LogP contribution in [0.5, 0.6) is 11.5 Å². The number of aryl methyl sites for hydroxylation is 1. The highest BCUT2D eigenvalue weighted by atomic mass is 32.2. The minimum atomic E-state index is -3.90. The lowest BCUT2D eigenvalue weighted by molar-refractivity contribution is -0.385. The number of hydrogen-bond acceptors (Lipinski definition) is 6. The Morgan fingerprint density at radius 2 is 1.85 bits per heavy atom. The van der Waals surface area contributed by atoms with Crippen molar-refractivity contribution in [3.8, 4) is 11.5 Å². The van der Waals surface area contributed by atoms with Gasteiger partial charge in [0.05, 0.1) is 24.0 Å². The molecule has 9 heteroatoms. The van der Waals surface area contributed by atoms with Crippen molar-refractivity contribution in [2.45, 2.75) is 23.8 Å².